The van der Waals surface area contributed by atoms with E-state index in [1.807, 2.05) is 0 Å². The molecule has 0 heterocycles. The van der Waals surface area contributed by atoms with Crippen molar-refractivity contribution in [2.24, 2.45) is 0 Å². The highest BCUT2D eigenvalue weighted by Crippen LogP contribution is 1.88. The Bertz CT molecular complexity index is 165. The fourth-order valence-corrected chi connectivity index (χ4v) is 1.29. The second-order valence-electron chi connectivity index (χ2n) is 3.69. The molecule has 5 heteroatoms. The van der Waals surface area contributed by atoms with Crippen LogP contribution in [0, 0.1) is 0 Å². The first-order valence-corrected chi connectivity index (χ1v) is 5.73. The SMILES string of the molecule is COCCNC(=S)NCCCCN(C)C. The standard InChI is InChI=1S/C10H23N3OS/c1-13(2)8-5-4-6-11-10(15)12-7-9-14-3/h4-9H2,1-3H3,(H2,11,12,15). The lowest BCUT2D eigenvalue weighted by Crippen LogP contribution is -2.37. The van der Waals surface area contributed by atoms with Crippen LogP contribution in [0.1, 0.15) is 12.8 Å². The van der Waals surface area contributed by atoms with Crippen molar-refractivity contribution in [2.45, 2.75) is 12.8 Å². The van der Waals surface area contributed by atoms with Gasteiger partial charge in [0.05, 0.1) is 6.61 Å². The summed E-state index contributed by atoms with van der Waals surface area (Å²) < 4.78 is 4.91. The van der Waals surface area contributed by atoms with Crippen molar-refractivity contribution in [1.82, 2.24) is 15.5 Å². The van der Waals surface area contributed by atoms with Crippen LogP contribution in [0.2, 0.25) is 0 Å². The number of methoxy groups -OCH3 is 1. The summed E-state index contributed by atoms with van der Waals surface area (Å²) in [7, 11) is 5.86. The van der Waals surface area contributed by atoms with E-state index in [4.69, 9.17) is 17.0 Å². The average molecular weight is 233 g/mol. The molecule has 0 aromatic carbocycles. The van der Waals surface area contributed by atoms with Gasteiger partial charge in [0.2, 0.25) is 0 Å². The Kier molecular flexibility index (Phi) is 9.88. The minimum atomic E-state index is 0.683. The molecule has 2 N–H and O–H groups in total. The van der Waals surface area contributed by atoms with Gasteiger partial charge in [0.15, 0.2) is 5.11 Å². The lowest BCUT2D eigenvalue weighted by atomic mass is 10.3. The highest BCUT2D eigenvalue weighted by molar-refractivity contribution is 7.80. The monoisotopic (exact) mass is 233 g/mol. The van der Waals surface area contributed by atoms with Crippen molar-refractivity contribution in [3.63, 3.8) is 0 Å². The molecule has 0 aliphatic heterocycles. The molecule has 0 saturated heterocycles. The molecule has 4 nitrogen and oxygen atoms in total. The van der Waals surface area contributed by atoms with Gasteiger partial charge in [-0.25, -0.2) is 0 Å². The van der Waals surface area contributed by atoms with Crippen LogP contribution >= 0.6 is 12.2 Å². The van der Waals surface area contributed by atoms with Crippen LogP contribution in [0.3, 0.4) is 0 Å². The molecule has 0 amide bonds. The predicted molar refractivity (Wildman–Crippen MR) is 68.3 cm³/mol. The molecule has 15 heavy (non-hydrogen) atoms. The summed E-state index contributed by atoms with van der Waals surface area (Å²) in [4.78, 5) is 2.19. The van der Waals surface area contributed by atoms with Crippen LogP contribution in [0.5, 0.6) is 0 Å². The molecule has 0 aromatic heterocycles. The van der Waals surface area contributed by atoms with E-state index in [0.717, 1.165) is 31.2 Å². The predicted octanol–water partition coefficient (Wildman–Crippen LogP) is 0.439. The summed E-state index contributed by atoms with van der Waals surface area (Å²) >= 11 is 5.08. The zero-order valence-electron chi connectivity index (χ0n) is 10.0. The third-order valence-corrected chi connectivity index (χ3v) is 2.20. The van der Waals surface area contributed by atoms with E-state index >= 15 is 0 Å². The number of rotatable bonds is 8. The first-order valence-electron chi connectivity index (χ1n) is 5.32. The summed E-state index contributed by atoms with van der Waals surface area (Å²) in [5.41, 5.74) is 0. The highest BCUT2D eigenvalue weighted by atomic mass is 32.1. The molecular weight excluding hydrogens is 210 g/mol. The quantitative estimate of drug-likeness (QED) is 0.470. The summed E-state index contributed by atoms with van der Waals surface area (Å²) in [5.74, 6) is 0. The largest absolute Gasteiger partial charge is 0.383 e. The zero-order valence-corrected chi connectivity index (χ0v) is 10.8. The van der Waals surface area contributed by atoms with Crippen LogP contribution in [0.25, 0.3) is 0 Å². The second kappa shape index (κ2) is 10.1. The van der Waals surface area contributed by atoms with Crippen molar-refractivity contribution >= 4 is 17.3 Å². The summed E-state index contributed by atoms with van der Waals surface area (Å²) in [6.07, 6.45) is 2.34. The first-order chi connectivity index (χ1) is 7.16. The second-order valence-corrected chi connectivity index (χ2v) is 4.09. The Morgan fingerprint density at radius 2 is 1.87 bits per heavy atom. The number of hydrogen-bond acceptors (Lipinski definition) is 3. The van der Waals surface area contributed by atoms with Crippen LogP contribution in [-0.4, -0.2) is 57.5 Å². The van der Waals surface area contributed by atoms with E-state index in [0.29, 0.717) is 6.61 Å². The Hall–Kier alpha value is -0.390. The Balaban J connectivity index is 3.17. The molecule has 0 aromatic rings. The van der Waals surface area contributed by atoms with E-state index in [-0.39, 0.29) is 0 Å². The Morgan fingerprint density at radius 3 is 2.47 bits per heavy atom. The van der Waals surface area contributed by atoms with Gasteiger partial charge in [-0.3, -0.25) is 0 Å². The number of nitrogens with one attached hydrogen (secondary N) is 2. The van der Waals surface area contributed by atoms with Gasteiger partial charge in [0, 0.05) is 20.2 Å². The molecule has 0 radical (unpaired) electrons. The van der Waals surface area contributed by atoms with Crippen molar-refractivity contribution in [3.05, 3.63) is 0 Å². The number of unbranched alkanes of at least 4 members (excludes halogenated alkanes) is 1. The lowest BCUT2D eigenvalue weighted by molar-refractivity contribution is 0.204. The topological polar surface area (TPSA) is 36.5 Å². The van der Waals surface area contributed by atoms with Gasteiger partial charge in [-0.1, -0.05) is 0 Å². The normalized spacial score (nSPS) is 10.4. The fourth-order valence-electron chi connectivity index (χ4n) is 1.08. The van der Waals surface area contributed by atoms with Crippen molar-refractivity contribution in [2.75, 3.05) is 47.4 Å². The maximum atomic E-state index is 5.08. The smallest absolute Gasteiger partial charge is 0.166 e. The van der Waals surface area contributed by atoms with Crippen molar-refractivity contribution in [3.8, 4) is 0 Å². The van der Waals surface area contributed by atoms with Gasteiger partial charge in [-0.05, 0) is 45.7 Å². The van der Waals surface area contributed by atoms with Crippen LogP contribution in [0.4, 0.5) is 0 Å². The maximum Gasteiger partial charge on any atom is 0.166 e. The lowest BCUT2D eigenvalue weighted by Gasteiger charge is -2.11. The Labute approximate surface area is 98.4 Å². The van der Waals surface area contributed by atoms with Crippen LogP contribution in [-0.2, 0) is 4.74 Å². The van der Waals surface area contributed by atoms with Gasteiger partial charge in [-0.2, -0.15) is 0 Å². The van der Waals surface area contributed by atoms with E-state index in [1.54, 1.807) is 7.11 Å². The molecule has 0 rings (SSSR count). The van der Waals surface area contributed by atoms with E-state index in [9.17, 15) is 0 Å². The molecule has 0 aliphatic carbocycles. The summed E-state index contributed by atoms with van der Waals surface area (Å²) in [6, 6.07) is 0. The van der Waals surface area contributed by atoms with Gasteiger partial charge in [0.1, 0.15) is 0 Å². The number of hydrogen-bond donors (Lipinski definition) is 2. The molecular formula is C10H23N3OS. The van der Waals surface area contributed by atoms with E-state index < -0.39 is 0 Å². The zero-order chi connectivity index (χ0) is 11.5. The molecule has 0 fully saturated rings. The van der Waals surface area contributed by atoms with E-state index in [2.05, 4.69) is 29.6 Å². The molecule has 0 atom stereocenters. The molecule has 90 valence electrons. The Morgan fingerprint density at radius 1 is 1.20 bits per heavy atom. The third kappa shape index (κ3) is 11.5. The maximum absolute atomic E-state index is 5.08. The van der Waals surface area contributed by atoms with Crippen LogP contribution < -0.4 is 10.6 Å². The number of thiocarbonyl (C=S) groups is 1. The first kappa shape index (κ1) is 14.6. The average Bonchev–Trinajstić information content (AvgIpc) is 2.17. The summed E-state index contributed by atoms with van der Waals surface area (Å²) in [6.45, 7) is 3.51. The van der Waals surface area contributed by atoms with Crippen LogP contribution in [0.15, 0.2) is 0 Å². The summed E-state index contributed by atoms with van der Waals surface area (Å²) in [5, 5.41) is 6.95. The minimum Gasteiger partial charge on any atom is -0.383 e. The van der Waals surface area contributed by atoms with Gasteiger partial charge in [-0.15, -0.1) is 0 Å². The molecule has 0 unspecified atom stereocenters. The number of nitrogens with zero attached hydrogens (tertiary/aromatic N) is 1. The fraction of sp³-hybridized carbons (Fsp3) is 0.900. The van der Waals surface area contributed by atoms with Gasteiger partial charge >= 0.3 is 0 Å². The van der Waals surface area contributed by atoms with E-state index in [1.165, 1.54) is 6.42 Å². The van der Waals surface area contributed by atoms with Gasteiger partial charge in [0.25, 0.3) is 0 Å². The van der Waals surface area contributed by atoms with Crippen molar-refractivity contribution < 1.29 is 4.74 Å². The highest BCUT2D eigenvalue weighted by Gasteiger charge is 1.94. The molecule has 0 bridgehead atoms. The molecule has 0 saturated carbocycles. The number of ether oxygens (including phenoxy) is 1. The molecule has 0 spiro atoms. The van der Waals surface area contributed by atoms with Crippen molar-refractivity contribution in [1.29, 1.82) is 0 Å². The van der Waals surface area contributed by atoms with Gasteiger partial charge < -0.3 is 20.3 Å². The third-order valence-electron chi connectivity index (χ3n) is 1.91. The minimum absolute atomic E-state index is 0.683. The molecule has 0 aliphatic rings.